The Morgan fingerprint density at radius 1 is 1.32 bits per heavy atom. The number of carbonyl (C=O) groups excluding carboxylic acids is 1. The first-order chi connectivity index (χ1) is 9.26. The van der Waals surface area contributed by atoms with Crippen molar-refractivity contribution in [3.63, 3.8) is 0 Å². The highest BCUT2D eigenvalue weighted by Crippen LogP contribution is 2.13. The molecule has 0 unspecified atom stereocenters. The molecule has 0 bridgehead atoms. The minimum Gasteiger partial charge on any atom is -0.354 e. The van der Waals surface area contributed by atoms with Crippen LogP contribution >= 0.6 is 0 Å². The molecule has 0 spiro atoms. The number of pyridine rings is 1. The van der Waals surface area contributed by atoms with Crippen LogP contribution in [0, 0.1) is 0 Å². The molecule has 0 atom stereocenters. The summed E-state index contributed by atoms with van der Waals surface area (Å²) in [6.45, 7) is 9.36. The molecule has 5 nitrogen and oxygen atoms in total. The van der Waals surface area contributed by atoms with Crippen molar-refractivity contribution in [1.82, 2.24) is 15.2 Å². The van der Waals surface area contributed by atoms with Crippen LogP contribution in [0.4, 0.5) is 5.82 Å². The topological polar surface area (TPSA) is 48.5 Å². The van der Waals surface area contributed by atoms with Gasteiger partial charge in [0.1, 0.15) is 5.82 Å². The fraction of sp³-hybridized carbons (Fsp3) is 0.571. The Balaban J connectivity index is 2.07. The van der Waals surface area contributed by atoms with Gasteiger partial charge in [0.15, 0.2) is 0 Å². The molecule has 1 N–H and O–H groups in total. The van der Waals surface area contributed by atoms with Crippen LogP contribution in [-0.4, -0.2) is 55.1 Å². The van der Waals surface area contributed by atoms with Crippen molar-refractivity contribution in [2.24, 2.45) is 0 Å². The second-order valence-corrected chi connectivity index (χ2v) is 4.62. The van der Waals surface area contributed by atoms with E-state index >= 15 is 0 Å². The van der Waals surface area contributed by atoms with Gasteiger partial charge in [0.2, 0.25) is 0 Å². The lowest BCUT2D eigenvalue weighted by Crippen LogP contribution is -2.43. The fourth-order valence-electron chi connectivity index (χ4n) is 2.29. The van der Waals surface area contributed by atoms with Gasteiger partial charge in [0.05, 0.1) is 5.56 Å². The van der Waals surface area contributed by atoms with Gasteiger partial charge < -0.3 is 15.1 Å². The zero-order chi connectivity index (χ0) is 13.7. The third kappa shape index (κ3) is 3.23. The van der Waals surface area contributed by atoms with Crippen molar-refractivity contribution in [1.29, 1.82) is 0 Å². The van der Waals surface area contributed by atoms with E-state index in [9.17, 15) is 4.79 Å². The van der Waals surface area contributed by atoms with Gasteiger partial charge >= 0.3 is 0 Å². The van der Waals surface area contributed by atoms with E-state index in [2.05, 4.69) is 15.2 Å². The van der Waals surface area contributed by atoms with E-state index in [1.165, 1.54) is 0 Å². The lowest BCUT2D eigenvalue weighted by Gasteiger charge is -2.28. The third-order valence-electron chi connectivity index (χ3n) is 3.49. The van der Waals surface area contributed by atoms with Crippen molar-refractivity contribution in [2.75, 3.05) is 44.2 Å². The molecule has 1 aromatic heterocycles. The Morgan fingerprint density at radius 3 is 2.53 bits per heavy atom. The van der Waals surface area contributed by atoms with Crippen molar-refractivity contribution in [3.05, 3.63) is 23.9 Å². The number of nitrogens with zero attached hydrogens (tertiary/aromatic N) is 3. The van der Waals surface area contributed by atoms with Gasteiger partial charge in [0, 0.05) is 45.5 Å². The van der Waals surface area contributed by atoms with Gasteiger partial charge in [-0.25, -0.2) is 4.98 Å². The van der Waals surface area contributed by atoms with Crippen molar-refractivity contribution in [2.45, 2.75) is 13.8 Å². The lowest BCUT2D eigenvalue weighted by atomic mass is 10.2. The summed E-state index contributed by atoms with van der Waals surface area (Å²) >= 11 is 0. The van der Waals surface area contributed by atoms with E-state index in [-0.39, 0.29) is 5.91 Å². The second kappa shape index (κ2) is 6.52. The normalized spacial score (nSPS) is 15.4. The average molecular weight is 262 g/mol. The molecule has 5 heteroatoms. The summed E-state index contributed by atoms with van der Waals surface area (Å²) in [7, 11) is 0. The minimum atomic E-state index is 0.0596. The predicted molar refractivity (Wildman–Crippen MR) is 76.6 cm³/mol. The van der Waals surface area contributed by atoms with Crippen molar-refractivity contribution in [3.8, 4) is 0 Å². The number of piperazine rings is 1. The van der Waals surface area contributed by atoms with Crippen LogP contribution in [0.1, 0.15) is 24.2 Å². The Morgan fingerprint density at radius 2 is 2.00 bits per heavy atom. The van der Waals surface area contributed by atoms with Crippen LogP contribution in [0.15, 0.2) is 18.3 Å². The lowest BCUT2D eigenvalue weighted by molar-refractivity contribution is 0.0772. The van der Waals surface area contributed by atoms with Crippen LogP contribution in [0.2, 0.25) is 0 Å². The number of hydrogen-bond donors (Lipinski definition) is 1. The van der Waals surface area contributed by atoms with Crippen LogP contribution in [0.3, 0.4) is 0 Å². The molecule has 0 saturated carbocycles. The summed E-state index contributed by atoms with van der Waals surface area (Å²) in [6, 6.07) is 3.83. The highest BCUT2D eigenvalue weighted by molar-refractivity contribution is 5.94. The Bertz CT molecular complexity index is 408. The summed E-state index contributed by atoms with van der Waals surface area (Å²) in [6.07, 6.45) is 1.69. The van der Waals surface area contributed by atoms with E-state index < -0.39 is 0 Å². The summed E-state index contributed by atoms with van der Waals surface area (Å²) in [4.78, 5) is 20.6. The fourth-order valence-corrected chi connectivity index (χ4v) is 2.29. The molecular weight excluding hydrogens is 240 g/mol. The second-order valence-electron chi connectivity index (χ2n) is 4.62. The molecule has 0 radical (unpaired) electrons. The van der Waals surface area contributed by atoms with Crippen LogP contribution in [0.25, 0.3) is 0 Å². The molecule has 0 aromatic carbocycles. The standard InChI is InChI=1S/C14H22N4O/c1-3-17(4-2)14(19)12-5-6-13(16-11-12)18-9-7-15-8-10-18/h5-6,11,15H,3-4,7-10H2,1-2H3. The van der Waals surface area contributed by atoms with Gasteiger partial charge in [-0.3, -0.25) is 4.79 Å². The first kappa shape index (κ1) is 13.8. The van der Waals surface area contributed by atoms with Crippen LogP contribution in [-0.2, 0) is 0 Å². The Kier molecular flexibility index (Phi) is 4.74. The average Bonchev–Trinajstić information content (AvgIpc) is 2.49. The van der Waals surface area contributed by atoms with Crippen molar-refractivity contribution < 1.29 is 4.79 Å². The molecule has 19 heavy (non-hydrogen) atoms. The Labute approximate surface area is 114 Å². The van der Waals surface area contributed by atoms with E-state index in [1.807, 2.05) is 30.9 Å². The monoisotopic (exact) mass is 262 g/mol. The number of nitrogens with one attached hydrogen (secondary N) is 1. The smallest absolute Gasteiger partial charge is 0.255 e. The maximum Gasteiger partial charge on any atom is 0.255 e. The first-order valence-corrected chi connectivity index (χ1v) is 6.97. The minimum absolute atomic E-state index is 0.0596. The largest absolute Gasteiger partial charge is 0.354 e. The van der Waals surface area contributed by atoms with Gasteiger partial charge in [-0.05, 0) is 26.0 Å². The maximum absolute atomic E-state index is 12.2. The SMILES string of the molecule is CCN(CC)C(=O)c1ccc(N2CCNCC2)nc1. The first-order valence-electron chi connectivity index (χ1n) is 6.97. The van der Waals surface area contributed by atoms with E-state index in [4.69, 9.17) is 0 Å². The number of carbonyl (C=O) groups is 1. The number of anilines is 1. The summed E-state index contributed by atoms with van der Waals surface area (Å²) in [5.74, 6) is 1.02. The van der Waals surface area contributed by atoms with Crippen LogP contribution < -0.4 is 10.2 Å². The van der Waals surface area contributed by atoms with Crippen LogP contribution in [0.5, 0.6) is 0 Å². The maximum atomic E-state index is 12.2. The highest BCUT2D eigenvalue weighted by atomic mass is 16.2. The molecule has 1 aliphatic rings. The zero-order valence-corrected chi connectivity index (χ0v) is 11.7. The van der Waals surface area contributed by atoms with E-state index in [1.54, 1.807) is 6.20 Å². The predicted octanol–water partition coefficient (Wildman–Crippen LogP) is 0.973. The molecule has 2 rings (SSSR count). The van der Waals surface area contributed by atoms with E-state index in [0.29, 0.717) is 5.56 Å². The van der Waals surface area contributed by atoms with E-state index in [0.717, 1.165) is 45.1 Å². The molecule has 1 fully saturated rings. The number of amides is 1. The molecule has 1 amide bonds. The quantitative estimate of drug-likeness (QED) is 0.878. The summed E-state index contributed by atoms with van der Waals surface area (Å²) in [5, 5.41) is 3.31. The summed E-state index contributed by atoms with van der Waals surface area (Å²) < 4.78 is 0. The molecule has 1 saturated heterocycles. The van der Waals surface area contributed by atoms with Gasteiger partial charge in [-0.2, -0.15) is 0 Å². The molecule has 104 valence electrons. The van der Waals surface area contributed by atoms with Gasteiger partial charge in [-0.1, -0.05) is 0 Å². The number of hydrogen-bond acceptors (Lipinski definition) is 4. The highest BCUT2D eigenvalue weighted by Gasteiger charge is 2.15. The zero-order valence-electron chi connectivity index (χ0n) is 11.7. The molecule has 0 aliphatic carbocycles. The van der Waals surface area contributed by atoms with Crippen molar-refractivity contribution >= 4 is 11.7 Å². The molecular formula is C14H22N4O. The number of aromatic nitrogens is 1. The molecule has 1 aliphatic heterocycles. The van der Waals surface area contributed by atoms with Gasteiger partial charge in [0.25, 0.3) is 5.91 Å². The summed E-state index contributed by atoms with van der Waals surface area (Å²) in [5.41, 5.74) is 0.669. The number of rotatable bonds is 4. The molecule has 1 aromatic rings. The third-order valence-corrected chi connectivity index (χ3v) is 3.49. The Hall–Kier alpha value is -1.62. The van der Waals surface area contributed by atoms with Gasteiger partial charge in [-0.15, -0.1) is 0 Å². The molecule has 2 heterocycles.